The second kappa shape index (κ2) is 6.52. The molecule has 114 valence electrons. The van der Waals surface area contributed by atoms with Crippen LogP contribution < -0.4 is 11.1 Å². The molecule has 2 aromatic rings. The Bertz CT molecular complexity index is 699. The molecule has 7 nitrogen and oxygen atoms in total. The number of nitrogens with zero attached hydrogens (tertiary/aromatic N) is 4. The van der Waals surface area contributed by atoms with E-state index in [1.807, 2.05) is 0 Å². The van der Waals surface area contributed by atoms with E-state index in [4.69, 9.17) is 5.73 Å². The molecular formula is C14H16N6OS. The highest BCUT2D eigenvalue weighted by atomic mass is 32.1. The lowest BCUT2D eigenvalue weighted by Gasteiger charge is -2.20. The van der Waals surface area contributed by atoms with Crippen LogP contribution in [-0.2, 0) is 0 Å². The zero-order chi connectivity index (χ0) is 15.4. The van der Waals surface area contributed by atoms with Gasteiger partial charge in [0.2, 0.25) is 5.13 Å². The molecule has 0 atom stereocenters. The molecule has 8 heteroatoms. The quantitative estimate of drug-likeness (QED) is 0.816. The van der Waals surface area contributed by atoms with Gasteiger partial charge in [0.1, 0.15) is 5.69 Å². The van der Waals surface area contributed by atoms with E-state index >= 15 is 0 Å². The first kappa shape index (κ1) is 14.5. The standard InChI is InChI=1S/C14H16N6OS/c15-7-11(8-16-10-3-1-4-10)18-13(21)12-9-22-14(19-12)20-6-2-5-17-20/h2,5-10H,1,3-4,15H2,(H,18,21)/b11-7+,16-8?. The van der Waals surface area contributed by atoms with Crippen LogP contribution in [0.15, 0.2) is 40.7 Å². The molecule has 0 spiro atoms. The summed E-state index contributed by atoms with van der Waals surface area (Å²) in [6.07, 6.45) is 9.79. The third kappa shape index (κ3) is 3.22. The lowest BCUT2D eigenvalue weighted by atomic mass is 9.94. The SMILES string of the molecule is N/C=C(\C=NC1CCC1)NC(=O)c1csc(-n2cccn2)n1. The molecule has 1 fully saturated rings. The zero-order valence-corrected chi connectivity index (χ0v) is 12.7. The van der Waals surface area contributed by atoms with Crippen LogP contribution in [0, 0.1) is 0 Å². The summed E-state index contributed by atoms with van der Waals surface area (Å²) in [7, 11) is 0. The predicted molar refractivity (Wildman–Crippen MR) is 85.1 cm³/mol. The van der Waals surface area contributed by atoms with Crippen LogP contribution in [-0.4, -0.2) is 32.9 Å². The smallest absolute Gasteiger partial charge is 0.275 e. The monoisotopic (exact) mass is 316 g/mol. The number of rotatable bonds is 5. The fourth-order valence-electron chi connectivity index (χ4n) is 1.89. The Morgan fingerprint density at radius 1 is 1.55 bits per heavy atom. The number of nitrogens with one attached hydrogen (secondary N) is 1. The normalized spacial score (nSPS) is 15.9. The first-order chi connectivity index (χ1) is 10.8. The first-order valence-electron chi connectivity index (χ1n) is 6.98. The lowest BCUT2D eigenvalue weighted by Crippen LogP contribution is -2.25. The maximum absolute atomic E-state index is 12.2. The van der Waals surface area contributed by atoms with Crippen molar-refractivity contribution in [3.8, 4) is 5.13 Å². The Labute approximate surface area is 131 Å². The van der Waals surface area contributed by atoms with Gasteiger partial charge < -0.3 is 11.1 Å². The van der Waals surface area contributed by atoms with Gasteiger partial charge in [-0.25, -0.2) is 9.67 Å². The van der Waals surface area contributed by atoms with Gasteiger partial charge in [-0.15, -0.1) is 11.3 Å². The van der Waals surface area contributed by atoms with Gasteiger partial charge in [0, 0.05) is 30.2 Å². The Morgan fingerprint density at radius 2 is 2.41 bits per heavy atom. The maximum atomic E-state index is 12.2. The number of aromatic nitrogens is 3. The summed E-state index contributed by atoms with van der Waals surface area (Å²) in [6.45, 7) is 0. The van der Waals surface area contributed by atoms with E-state index in [1.165, 1.54) is 24.0 Å². The molecule has 1 aliphatic rings. The van der Waals surface area contributed by atoms with Crippen molar-refractivity contribution < 1.29 is 4.79 Å². The number of carbonyl (C=O) groups excluding carboxylic acids is 1. The van der Waals surface area contributed by atoms with Gasteiger partial charge in [-0.3, -0.25) is 9.79 Å². The van der Waals surface area contributed by atoms with Crippen molar-refractivity contribution >= 4 is 23.5 Å². The molecule has 0 radical (unpaired) electrons. The van der Waals surface area contributed by atoms with Gasteiger partial charge >= 0.3 is 0 Å². The van der Waals surface area contributed by atoms with Crippen LogP contribution in [0.25, 0.3) is 5.13 Å². The van der Waals surface area contributed by atoms with E-state index in [9.17, 15) is 4.79 Å². The van der Waals surface area contributed by atoms with Crippen LogP contribution >= 0.6 is 11.3 Å². The largest absolute Gasteiger partial charge is 0.403 e. The minimum Gasteiger partial charge on any atom is -0.403 e. The number of allylic oxidation sites excluding steroid dienone is 1. The zero-order valence-electron chi connectivity index (χ0n) is 11.8. The van der Waals surface area contributed by atoms with Crippen molar-refractivity contribution in [1.29, 1.82) is 0 Å². The van der Waals surface area contributed by atoms with Gasteiger partial charge in [0.15, 0.2) is 0 Å². The molecule has 0 saturated heterocycles. The van der Waals surface area contributed by atoms with Crippen molar-refractivity contribution in [3.63, 3.8) is 0 Å². The molecule has 0 unspecified atom stereocenters. The molecule has 1 amide bonds. The van der Waals surface area contributed by atoms with Crippen LogP contribution in [0.3, 0.4) is 0 Å². The second-order valence-corrected chi connectivity index (χ2v) is 5.74. The fourth-order valence-corrected chi connectivity index (χ4v) is 2.63. The van der Waals surface area contributed by atoms with Gasteiger partial charge in [-0.05, 0) is 25.3 Å². The molecule has 0 aliphatic heterocycles. The molecule has 0 aromatic carbocycles. The van der Waals surface area contributed by atoms with Crippen LogP contribution in [0.4, 0.5) is 0 Å². The molecular weight excluding hydrogens is 300 g/mol. The number of carbonyl (C=O) groups is 1. The van der Waals surface area contributed by atoms with Gasteiger partial charge in [0.05, 0.1) is 11.7 Å². The maximum Gasteiger partial charge on any atom is 0.275 e. The highest BCUT2D eigenvalue weighted by Gasteiger charge is 2.16. The van der Waals surface area contributed by atoms with E-state index in [-0.39, 0.29) is 5.91 Å². The van der Waals surface area contributed by atoms with Crippen molar-refractivity contribution in [2.45, 2.75) is 25.3 Å². The minimum absolute atomic E-state index is 0.314. The van der Waals surface area contributed by atoms with Crippen molar-refractivity contribution in [2.24, 2.45) is 10.7 Å². The highest BCUT2D eigenvalue weighted by molar-refractivity contribution is 7.12. The Kier molecular flexibility index (Phi) is 4.29. The number of amides is 1. The summed E-state index contributed by atoms with van der Waals surface area (Å²) in [6, 6.07) is 2.16. The van der Waals surface area contributed by atoms with E-state index in [2.05, 4.69) is 20.4 Å². The van der Waals surface area contributed by atoms with Crippen molar-refractivity contribution in [1.82, 2.24) is 20.1 Å². The third-order valence-corrected chi connectivity index (χ3v) is 4.19. The van der Waals surface area contributed by atoms with E-state index < -0.39 is 0 Å². The van der Waals surface area contributed by atoms with E-state index in [1.54, 1.807) is 34.7 Å². The third-order valence-electron chi connectivity index (χ3n) is 3.36. The number of thiazole rings is 1. The summed E-state index contributed by atoms with van der Waals surface area (Å²) < 4.78 is 1.61. The topological polar surface area (TPSA) is 98.2 Å². The predicted octanol–water partition coefficient (Wildman–Crippen LogP) is 1.48. The van der Waals surface area contributed by atoms with E-state index in [0.29, 0.717) is 22.6 Å². The summed E-state index contributed by atoms with van der Waals surface area (Å²) in [5, 5.41) is 9.11. The number of aliphatic imine (C=N–C) groups is 1. The Morgan fingerprint density at radius 3 is 3.05 bits per heavy atom. The van der Waals surface area contributed by atoms with Gasteiger partial charge in [0.25, 0.3) is 5.91 Å². The molecule has 2 heterocycles. The van der Waals surface area contributed by atoms with Crippen molar-refractivity contribution in [2.75, 3.05) is 0 Å². The van der Waals surface area contributed by atoms with Crippen LogP contribution in [0.1, 0.15) is 29.8 Å². The summed E-state index contributed by atoms with van der Waals surface area (Å²) in [5.41, 5.74) is 6.33. The second-order valence-electron chi connectivity index (χ2n) is 4.90. The molecule has 0 bridgehead atoms. The summed E-state index contributed by atoms with van der Waals surface area (Å²) in [5.74, 6) is -0.314. The van der Waals surface area contributed by atoms with Crippen LogP contribution in [0.2, 0.25) is 0 Å². The highest BCUT2D eigenvalue weighted by Crippen LogP contribution is 2.21. The summed E-state index contributed by atoms with van der Waals surface area (Å²) in [4.78, 5) is 20.8. The van der Waals surface area contributed by atoms with Gasteiger partial charge in [-0.1, -0.05) is 0 Å². The average molecular weight is 316 g/mol. The number of nitrogens with two attached hydrogens (primary N) is 1. The van der Waals surface area contributed by atoms with Crippen LogP contribution in [0.5, 0.6) is 0 Å². The molecule has 1 aliphatic carbocycles. The molecule has 3 rings (SSSR count). The fraction of sp³-hybridized carbons (Fsp3) is 0.286. The Balaban J connectivity index is 1.64. The molecule has 22 heavy (non-hydrogen) atoms. The van der Waals surface area contributed by atoms with Gasteiger partial charge in [-0.2, -0.15) is 5.10 Å². The lowest BCUT2D eigenvalue weighted by molar-refractivity contribution is 0.0963. The van der Waals surface area contributed by atoms with Crippen molar-refractivity contribution in [3.05, 3.63) is 41.4 Å². The minimum atomic E-state index is -0.314. The molecule has 1 saturated carbocycles. The number of hydrogen-bond acceptors (Lipinski definition) is 6. The molecule has 3 N–H and O–H groups in total. The molecule has 2 aromatic heterocycles. The van der Waals surface area contributed by atoms with E-state index in [0.717, 1.165) is 12.8 Å². The summed E-state index contributed by atoms with van der Waals surface area (Å²) >= 11 is 1.35. The number of hydrogen-bond donors (Lipinski definition) is 2. The first-order valence-corrected chi connectivity index (χ1v) is 7.86. The Hall–Kier alpha value is -2.48. The average Bonchev–Trinajstić information content (AvgIpc) is 3.14.